The highest BCUT2D eigenvalue weighted by molar-refractivity contribution is 5.85. The van der Waals surface area contributed by atoms with Gasteiger partial charge in [-0.05, 0) is 25.3 Å². The van der Waals surface area contributed by atoms with Crippen LogP contribution in [-0.2, 0) is 9.53 Å². The van der Waals surface area contributed by atoms with E-state index in [4.69, 9.17) is 5.73 Å². The third-order valence-electron chi connectivity index (χ3n) is 3.28. The van der Waals surface area contributed by atoms with Gasteiger partial charge in [-0.3, -0.25) is 4.79 Å². The van der Waals surface area contributed by atoms with E-state index < -0.39 is 13.0 Å². The van der Waals surface area contributed by atoms with Gasteiger partial charge in [0.25, 0.3) is 6.43 Å². The van der Waals surface area contributed by atoms with Crippen LogP contribution in [0.25, 0.3) is 0 Å². The van der Waals surface area contributed by atoms with Crippen LogP contribution in [0.15, 0.2) is 0 Å². The van der Waals surface area contributed by atoms with Crippen molar-refractivity contribution in [3.8, 4) is 0 Å². The molecular formula is C12H23ClF2N2O2. The molecule has 7 heteroatoms. The van der Waals surface area contributed by atoms with E-state index in [0.717, 1.165) is 25.7 Å². The summed E-state index contributed by atoms with van der Waals surface area (Å²) >= 11 is 0. The van der Waals surface area contributed by atoms with E-state index in [2.05, 4.69) is 10.1 Å². The lowest BCUT2D eigenvalue weighted by atomic mass is 9.84. The molecule has 1 aliphatic rings. The summed E-state index contributed by atoms with van der Waals surface area (Å²) in [5, 5.41) is 2.92. The normalized spacial score (nSPS) is 22.9. The number of amides is 1. The summed E-state index contributed by atoms with van der Waals surface area (Å²) in [4.78, 5) is 11.6. The molecule has 1 aliphatic carbocycles. The summed E-state index contributed by atoms with van der Waals surface area (Å²) in [6.07, 6.45) is 1.90. The molecule has 1 saturated carbocycles. The Morgan fingerprint density at radius 3 is 2.68 bits per heavy atom. The van der Waals surface area contributed by atoms with Crippen LogP contribution in [0.1, 0.15) is 32.1 Å². The number of hydrogen-bond donors (Lipinski definition) is 2. The molecule has 2 unspecified atom stereocenters. The minimum atomic E-state index is -2.48. The van der Waals surface area contributed by atoms with Crippen LogP contribution in [0.5, 0.6) is 0 Å². The van der Waals surface area contributed by atoms with Gasteiger partial charge < -0.3 is 15.8 Å². The Kier molecular flexibility index (Phi) is 10.1. The third-order valence-corrected chi connectivity index (χ3v) is 3.28. The van der Waals surface area contributed by atoms with Gasteiger partial charge in [0.05, 0.1) is 6.61 Å². The van der Waals surface area contributed by atoms with Crippen LogP contribution < -0.4 is 11.1 Å². The molecule has 19 heavy (non-hydrogen) atoms. The predicted molar refractivity (Wildman–Crippen MR) is 71.6 cm³/mol. The van der Waals surface area contributed by atoms with Gasteiger partial charge in [-0.1, -0.05) is 12.8 Å². The smallest absolute Gasteiger partial charge is 0.261 e. The first-order chi connectivity index (χ1) is 8.63. The van der Waals surface area contributed by atoms with Crippen molar-refractivity contribution in [3.05, 3.63) is 0 Å². The van der Waals surface area contributed by atoms with Crippen molar-refractivity contribution < 1.29 is 18.3 Å². The van der Waals surface area contributed by atoms with Crippen LogP contribution in [0.2, 0.25) is 0 Å². The van der Waals surface area contributed by atoms with Gasteiger partial charge in [-0.25, -0.2) is 8.78 Å². The van der Waals surface area contributed by atoms with Crippen molar-refractivity contribution in [1.29, 1.82) is 0 Å². The Hall–Kier alpha value is -0.460. The van der Waals surface area contributed by atoms with E-state index in [9.17, 15) is 13.6 Å². The Morgan fingerprint density at radius 2 is 2.05 bits per heavy atom. The topological polar surface area (TPSA) is 64.3 Å². The van der Waals surface area contributed by atoms with Crippen LogP contribution in [0.4, 0.5) is 8.78 Å². The molecule has 0 radical (unpaired) electrons. The summed E-state index contributed by atoms with van der Waals surface area (Å²) < 4.78 is 28.3. The number of carbonyl (C=O) groups excluding carboxylic acids is 1. The Morgan fingerprint density at radius 1 is 1.37 bits per heavy atom. The molecule has 0 aromatic heterocycles. The zero-order valence-electron chi connectivity index (χ0n) is 10.9. The van der Waals surface area contributed by atoms with Crippen molar-refractivity contribution in [1.82, 2.24) is 5.32 Å². The summed E-state index contributed by atoms with van der Waals surface area (Å²) in [6, 6.07) is 0.131. The average Bonchev–Trinajstić information content (AvgIpc) is 2.35. The van der Waals surface area contributed by atoms with Gasteiger partial charge in [0.15, 0.2) is 0 Å². The van der Waals surface area contributed by atoms with Gasteiger partial charge >= 0.3 is 0 Å². The van der Waals surface area contributed by atoms with Crippen molar-refractivity contribution in [2.75, 3.05) is 19.8 Å². The molecule has 2 atom stereocenters. The number of alkyl halides is 2. The summed E-state index contributed by atoms with van der Waals surface area (Å²) in [5.74, 6) is 0.194. The fourth-order valence-electron chi connectivity index (χ4n) is 2.30. The van der Waals surface area contributed by atoms with Gasteiger partial charge in [-0.2, -0.15) is 0 Å². The minimum Gasteiger partial charge on any atom is -0.375 e. The zero-order valence-corrected chi connectivity index (χ0v) is 11.8. The quantitative estimate of drug-likeness (QED) is 0.704. The van der Waals surface area contributed by atoms with Crippen molar-refractivity contribution in [3.63, 3.8) is 0 Å². The van der Waals surface area contributed by atoms with Crippen molar-refractivity contribution in [2.24, 2.45) is 11.7 Å². The van der Waals surface area contributed by atoms with Crippen LogP contribution in [0.3, 0.4) is 0 Å². The molecule has 0 heterocycles. The van der Waals surface area contributed by atoms with E-state index in [0.29, 0.717) is 12.5 Å². The molecule has 0 spiro atoms. The lowest BCUT2D eigenvalue weighted by Gasteiger charge is -2.31. The molecular weight excluding hydrogens is 278 g/mol. The average molecular weight is 301 g/mol. The van der Waals surface area contributed by atoms with Crippen LogP contribution in [-0.4, -0.2) is 38.1 Å². The largest absolute Gasteiger partial charge is 0.375 e. The number of ether oxygens (including phenoxy) is 1. The highest BCUT2D eigenvalue weighted by Crippen LogP contribution is 2.23. The molecule has 0 aliphatic heterocycles. The lowest BCUT2D eigenvalue weighted by molar-refractivity contribution is -0.123. The second kappa shape index (κ2) is 10.3. The van der Waals surface area contributed by atoms with Crippen molar-refractivity contribution in [2.45, 2.75) is 44.6 Å². The SMILES string of the molecule is Cl.NCC1CCCCC1NC(=O)CCOCC(F)F. The van der Waals surface area contributed by atoms with E-state index in [-0.39, 0.29) is 37.4 Å². The lowest BCUT2D eigenvalue weighted by Crippen LogP contribution is -2.44. The molecule has 1 rings (SSSR count). The number of nitrogens with one attached hydrogen (secondary N) is 1. The Balaban J connectivity index is 0.00000324. The Labute approximate surface area is 118 Å². The standard InChI is InChI=1S/C12H22F2N2O2.ClH/c13-11(14)8-18-6-5-12(17)16-10-4-2-1-3-9(10)7-15;/h9-11H,1-8,15H2,(H,16,17);1H. The van der Waals surface area contributed by atoms with E-state index in [1.54, 1.807) is 0 Å². The monoisotopic (exact) mass is 300 g/mol. The molecule has 3 N–H and O–H groups in total. The second-order valence-electron chi connectivity index (χ2n) is 4.67. The van der Waals surface area contributed by atoms with Crippen molar-refractivity contribution >= 4 is 18.3 Å². The highest BCUT2D eigenvalue weighted by Gasteiger charge is 2.24. The molecule has 0 aromatic carbocycles. The van der Waals surface area contributed by atoms with Gasteiger partial charge in [0, 0.05) is 12.5 Å². The predicted octanol–water partition coefficient (Wildman–Crippen LogP) is 1.71. The highest BCUT2D eigenvalue weighted by atomic mass is 35.5. The fraction of sp³-hybridized carbons (Fsp3) is 0.917. The zero-order chi connectivity index (χ0) is 13.4. The van der Waals surface area contributed by atoms with Gasteiger partial charge in [-0.15, -0.1) is 12.4 Å². The molecule has 0 aromatic rings. The molecule has 4 nitrogen and oxygen atoms in total. The number of halogens is 3. The van der Waals surface area contributed by atoms with E-state index in [1.807, 2.05) is 0 Å². The van der Waals surface area contributed by atoms with Gasteiger partial charge in [0.2, 0.25) is 5.91 Å². The first-order valence-corrected chi connectivity index (χ1v) is 6.48. The van der Waals surface area contributed by atoms with E-state index >= 15 is 0 Å². The number of carbonyl (C=O) groups is 1. The van der Waals surface area contributed by atoms with Gasteiger partial charge in [0.1, 0.15) is 6.61 Å². The maximum atomic E-state index is 11.8. The first-order valence-electron chi connectivity index (χ1n) is 6.48. The maximum absolute atomic E-state index is 11.8. The maximum Gasteiger partial charge on any atom is 0.261 e. The minimum absolute atomic E-state index is 0. The number of nitrogens with two attached hydrogens (primary N) is 1. The molecule has 1 fully saturated rings. The fourth-order valence-corrected chi connectivity index (χ4v) is 2.30. The molecule has 1 amide bonds. The number of rotatable bonds is 7. The van der Waals surface area contributed by atoms with Crippen LogP contribution in [0, 0.1) is 5.92 Å². The molecule has 0 bridgehead atoms. The number of hydrogen-bond acceptors (Lipinski definition) is 3. The van der Waals surface area contributed by atoms with E-state index in [1.165, 1.54) is 0 Å². The summed E-state index contributed by atoms with van der Waals surface area (Å²) in [6.45, 7) is 0.00511. The first kappa shape index (κ1) is 18.5. The summed E-state index contributed by atoms with van der Waals surface area (Å²) in [5.41, 5.74) is 5.66. The molecule has 0 saturated heterocycles. The molecule has 114 valence electrons. The third kappa shape index (κ3) is 7.64. The van der Waals surface area contributed by atoms with Crippen LogP contribution >= 0.6 is 12.4 Å². The summed E-state index contributed by atoms with van der Waals surface area (Å²) in [7, 11) is 0. The Bertz CT molecular complexity index is 258. The second-order valence-corrected chi connectivity index (χ2v) is 4.67.